The third-order valence-electron chi connectivity index (χ3n) is 2.18. The van der Waals surface area contributed by atoms with Gasteiger partial charge in [-0.05, 0) is 18.9 Å². The number of hydrogen-bond acceptors (Lipinski definition) is 1. The zero-order valence-electron chi connectivity index (χ0n) is 6.35. The highest BCUT2D eigenvalue weighted by Gasteiger charge is 2.44. The lowest BCUT2D eigenvalue weighted by atomic mass is 10.1. The summed E-state index contributed by atoms with van der Waals surface area (Å²) < 4.78 is 13.2. The van der Waals surface area contributed by atoms with Crippen LogP contribution in [-0.4, -0.2) is 5.11 Å². The molecule has 1 fully saturated rings. The number of aliphatic hydroxyl groups is 1. The molecule has 0 amide bonds. The standard InChI is InChI=1S/C9H8ClFO/c10-7-3-1-2-6(8(7)11)9(12)4-5-9/h1-3,12H,4-5H2. The van der Waals surface area contributed by atoms with Crippen LogP contribution in [0.15, 0.2) is 18.2 Å². The Hall–Kier alpha value is -0.600. The number of benzene rings is 1. The molecule has 0 radical (unpaired) electrons. The molecule has 0 atom stereocenters. The Labute approximate surface area is 74.8 Å². The number of hydrogen-bond donors (Lipinski definition) is 1. The topological polar surface area (TPSA) is 20.2 Å². The molecule has 1 aromatic rings. The summed E-state index contributed by atoms with van der Waals surface area (Å²) in [5.74, 6) is -0.487. The van der Waals surface area contributed by atoms with Crippen molar-refractivity contribution in [1.82, 2.24) is 0 Å². The maximum absolute atomic E-state index is 13.2. The van der Waals surface area contributed by atoms with Crippen molar-refractivity contribution in [3.8, 4) is 0 Å². The lowest BCUT2D eigenvalue weighted by Gasteiger charge is -2.09. The van der Waals surface area contributed by atoms with Crippen molar-refractivity contribution in [3.63, 3.8) is 0 Å². The van der Waals surface area contributed by atoms with Crippen molar-refractivity contribution in [1.29, 1.82) is 0 Å². The summed E-state index contributed by atoms with van der Waals surface area (Å²) in [5.41, 5.74) is -0.607. The molecule has 1 nitrogen and oxygen atoms in total. The summed E-state index contributed by atoms with van der Waals surface area (Å²) in [6.07, 6.45) is 1.26. The van der Waals surface area contributed by atoms with Gasteiger partial charge in [0.05, 0.1) is 10.6 Å². The Morgan fingerprint density at radius 1 is 1.42 bits per heavy atom. The van der Waals surface area contributed by atoms with Gasteiger partial charge in [-0.2, -0.15) is 0 Å². The fraction of sp³-hybridized carbons (Fsp3) is 0.333. The van der Waals surface area contributed by atoms with Crippen molar-refractivity contribution < 1.29 is 9.50 Å². The van der Waals surface area contributed by atoms with Gasteiger partial charge in [0.15, 0.2) is 0 Å². The fourth-order valence-corrected chi connectivity index (χ4v) is 1.43. The highest BCUT2D eigenvalue weighted by molar-refractivity contribution is 6.30. The minimum atomic E-state index is -0.936. The molecular formula is C9H8ClFO. The second-order valence-electron chi connectivity index (χ2n) is 3.13. The predicted octanol–water partition coefficient (Wildman–Crippen LogP) is 2.46. The van der Waals surface area contributed by atoms with E-state index in [9.17, 15) is 9.50 Å². The smallest absolute Gasteiger partial charge is 0.147 e. The molecule has 0 bridgehead atoms. The van der Waals surface area contributed by atoms with E-state index in [1.54, 1.807) is 12.1 Å². The summed E-state index contributed by atoms with van der Waals surface area (Å²) in [6.45, 7) is 0. The number of halogens is 2. The van der Waals surface area contributed by atoms with Gasteiger partial charge in [0.1, 0.15) is 5.82 Å². The summed E-state index contributed by atoms with van der Waals surface area (Å²) in [6, 6.07) is 4.71. The van der Waals surface area contributed by atoms with Crippen LogP contribution in [0.5, 0.6) is 0 Å². The van der Waals surface area contributed by atoms with Crippen molar-refractivity contribution in [2.75, 3.05) is 0 Å². The predicted molar refractivity (Wildman–Crippen MR) is 44.5 cm³/mol. The first-order chi connectivity index (χ1) is 5.63. The van der Waals surface area contributed by atoms with Crippen LogP contribution in [0, 0.1) is 5.82 Å². The molecule has 1 N–H and O–H groups in total. The molecule has 2 rings (SSSR count). The molecule has 1 aliphatic carbocycles. The fourth-order valence-electron chi connectivity index (χ4n) is 1.25. The summed E-state index contributed by atoms with van der Waals surface area (Å²) in [5, 5.41) is 9.68. The van der Waals surface area contributed by atoms with E-state index in [-0.39, 0.29) is 5.02 Å². The molecule has 0 aromatic heterocycles. The molecule has 0 saturated heterocycles. The third kappa shape index (κ3) is 1.11. The Kier molecular flexibility index (Phi) is 1.63. The van der Waals surface area contributed by atoms with E-state index in [4.69, 9.17) is 11.6 Å². The zero-order chi connectivity index (χ0) is 8.77. The maximum Gasteiger partial charge on any atom is 0.147 e. The van der Waals surface area contributed by atoms with E-state index in [1.165, 1.54) is 6.07 Å². The molecule has 0 heterocycles. The van der Waals surface area contributed by atoms with Crippen molar-refractivity contribution in [2.24, 2.45) is 0 Å². The van der Waals surface area contributed by atoms with Gasteiger partial charge in [-0.1, -0.05) is 23.7 Å². The summed E-state index contributed by atoms with van der Waals surface area (Å²) >= 11 is 5.56. The van der Waals surface area contributed by atoms with Gasteiger partial charge in [0, 0.05) is 5.56 Å². The average Bonchev–Trinajstić information content (AvgIpc) is 2.75. The lowest BCUT2D eigenvalue weighted by Crippen LogP contribution is -2.07. The molecule has 1 aliphatic rings. The average molecular weight is 187 g/mol. The summed E-state index contributed by atoms with van der Waals surface area (Å²) in [4.78, 5) is 0. The highest BCUT2D eigenvalue weighted by atomic mass is 35.5. The van der Waals surface area contributed by atoms with Crippen molar-refractivity contribution in [3.05, 3.63) is 34.6 Å². The van der Waals surface area contributed by atoms with Gasteiger partial charge in [-0.25, -0.2) is 4.39 Å². The quantitative estimate of drug-likeness (QED) is 0.715. The molecule has 12 heavy (non-hydrogen) atoms. The second kappa shape index (κ2) is 2.44. The van der Waals surface area contributed by atoms with Gasteiger partial charge in [-0.3, -0.25) is 0 Å². The largest absolute Gasteiger partial charge is 0.385 e. The first-order valence-electron chi connectivity index (χ1n) is 3.80. The van der Waals surface area contributed by atoms with Gasteiger partial charge in [0.25, 0.3) is 0 Å². The zero-order valence-corrected chi connectivity index (χ0v) is 7.11. The minimum absolute atomic E-state index is 0.0767. The van der Waals surface area contributed by atoms with Crippen molar-refractivity contribution >= 4 is 11.6 Å². The van der Waals surface area contributed by atoms with Crippen molar-refractivity contribution in [2.45, 2.75) is 18.4 Å². The maximum atomic E-state index is 13.2. The van der Waals surface area contributed by atoms with Crippen LogP contribution in [0.25, 0.3) is 0 Å². The molecule has 0 aliphatic heterocycles. The van der Waals surface area contributed by atoms with Crippen LogP contribution in [0.1, 0.15) is 18.4 Å². The van der Waals surface area contributed by atoms with E-state index < -0.39 is 11.4 Å². The normalized spacial score (nSPS) is 19.2. The first kappa shape index (κ1) is 8.02. The van der Waals surface area contributed by atoms with Crippen LogP contribution in [-0.2, 0) is 5.60 Å². The Bertz CT molecular complexity index is 320. The Morgan fingerprint density at radius 3 is 2.67 bits per heavy atom. The van der Waals surface area contributed by atoms with E-state index in [2.05, 4.69) is 0 Å². The highest BCUT2D eigenvalue weighted by Crippen LogP contribution is 2.46. The van der Waals surface area contributed by atoms with E-state index in [0.717, 1.165) is 0 Å². The monoisotopic (exact) mass is 186 g/mol. The first-order valence-corrected chi connectivity index (χ1v) is 4.18. The van der Waals surface area contributed by atoms with Crippen LogP contribution < -0.4 is 0 Å². The molecular weight excluding hydrogens is 179 g/mol. The SMILES string of the molecule is OC1(c2cccc(Cl)c2F)CC1. The second-order valence-corrected chi connectivity index (χ2v) is 3.54. The molecule has 1 aromatic carbocycles. The molecule has 1 saturated carbocycles. The molecule has 3 heteroatoms. The minimum Gasteiger partial charge on any atom is -0.385 e. The van der Waals surface area contributed by atoms with Crippen LogP contribution in [0.3, 0.4) is 0 Å². The Balaban J connectivity index is 2.51. The van der Waals surface area contributed by atoms with Crippen LogP contribution in [0.2, 0.25) is 5.02 Å². The lowest BCUT2D eigenvalue weighted by molar-refractivity contribution is 0.147. The van der Waals surface area contributed by atoms with Gasteiger partial charge in [-0.15, -0.1) is 0 Å². The van der Waals surface area contributed by atoms with E-state index in [0.29, 0.717) is 18.4 Å². The van der Waals surface area contributed by atoms with Crippen LogP contribution >= 0.6 is 11.6 Å². The Morgan fingerprint density at radius 2 is 2.08 bits per heavy atom. The molecule has 0 unspecified atom stereocenters. The van der Waals surface area contributed by atoms with Gasteiger partial charge < -0.3 is 5.11 Å². The molecule has 64 valence electrons. The van der Waals surface area contributed by atoms with E-state index in [1.807, 2.05) is 0 Å². The number of rotatable bonds is 1. The summed E-state index contributed by atoms with van der Waals surface area (Å²) in [7, 11) is 0. The van der Waals surface area contributed by atoms with E-state index >= 15 is 0 Å². The van der Waals surface area contributed by atoms with Crippen LogP contribution in [0.4, 0.5) is 4.39 Å². The third-order valence-corrected chi connectivity index (χ3v) is 2.47. The van der Waals surface area contributed by atoms with Gasteiger partial charge >= 0.3 is 0 Å². The molecule has 0 spiro atoms. The van der Waals surface area contributed by atoms with Gasteiger partial charge in [0.2, 0.25) is 0 Å².